The van der Waals surface area contributed by atoms with Gasteiger partial charge >= 0.3 is 0 Å². The second-order valence-corrected chi connectivity index (χ2v) is 10.2. The van der Waals surface area contributed by atoms with Crippen LogP contribution in [0.2, 0.25) is 0 Å². The smallest absolute Gasteiger partial charge is 0.255 e. The van der Waals surface area contributed by atoms with Gasteiger partial charge in [0.2, 0.25) is 0 Å². The fourth-order valence-electron chi connectivity index (χ4n) is 4.39. The molecule has 0 bridgehead atoms. The maximum absolute atomic E-state index is 13.4. The fourth-order valence-corrected chi connectivity index (χ4v) is 5.31. The van der Waals surface area contributed by atoms with Gasteiger partial charge in [-0.3, -0.25) is 4.79 Å². The van der Waals surface area contributed by atoms with Crippen LogP contribution in [0, 0.1) is 5.92 Å². The first-order chi connectivity index (χ1) is 14.3. The number of benzene rings is 2. The Balaban J connectivity index is 1.82. The van der Waals surface area contributed by atoms with Gasteiger partial charge in [0, 0.05) is 11.8 Å². The number of ether oxygens (including phenoxy) is 2. The number of amides is 1. The van der Waals surface area contributed by atoms with Gasteiger partial charge in [0.15, 0.2) is 11.5 Å². The summed E-state index contributed by atoms with van der Waals surface area (Å²) in [5.41, 5.74) is 2.41. The lowest BCUT2D eigenvalue weighted by Gasteiger charge is -2.34. The molecule has 2 aromatic carbocycles. The minimum absolute atomic E-state index is 0.0990. The number of carbonyl (C=O) groups excluding carboxylic acids is 1. The van der Waals surface area contributed by atoms with Crippen molar-refractivity contribution in [2.24, 2.45) is 5.92 Å². The summed E-state index contributed by atoms with van der Waals surface area (Å²) < 4.78 is 35.9. The SMILES string of the molecule is CCOc1cc([C@@H](CS(C)(=O)=O)N2C(=O)c3ccccc3C2C2CC2)ccc1OC. The van der Waals surface area contributed by atoms with Crippen LogP contribution in [0.15, 0.2) is 42.5 Å². The molecule has 30 heavy (non-hydrogen) atoms. The highest BCUT2D eigenvalue weighted by Crippen LogP contribution is 2.52. The van der Waals surface area contributed by atoms with E-state index in [2.05, 4.69) is 0 Å². The number of sulfone groups is 1. The van der Waals surface area contributed by atoms with Crippen LogP contribution in [0.25, 0.3) is 0 Å². The third kappa shape index (κ3) is 3.90. The summed E-state index contributed by atoms with van der Waals surface area (Å²) in [7, 11) is -1.79. The van der Waals surface area contributed by atoms with E-state index >= 15 is 0 Å². The van der Waals surface area contributed by atoms with E-state index in [4.69, 9.17) is 9.47 Å². The summed E-state index contributed by atoms with van der Waals surface area (Å²) in [6.07, 6.45) is 3.30. The van der Waals surface area contributed by atoms with Gasteiger partial charge < -0.3 is 14.4 Å². The van der Waals surface area contributed by atoms with Crippen molar-refractivity contribution in [3.8, 4) is 11.5 Å². The van der Waals surface area contributed by atoms with Crippen molar-refractivity contribution in [3.05, 3.63) is 59.2 Å². The van der Waals surface area contributed by atoms with Crippen molar-refractivity contribution in [3.63, 3.8) is 0 Å². The first-order valence-electron chi connectivity index (χ1n) is 10.2. The Hall–Kier alpha value is -2.54. The molecule has 1 amide bonds. The van der Waals surface area contributed by atoms with E-state index in [0.717, 1.165) is 24.0 Å². The van der Waals surface area contributed by atoms with Crippen LogP contribution >= 0.6 is 0 Å². The third-order valence-corrected chi connectivity index (χ3v) is 6.70. The molecule has 0 radical (unpaired) electrons. The van der Waals surface area contributed by atoms with E-state index in [9.17, 15) is 13.2 Å². The Kier molecular flexibility index (Phi) is 5.49. The molecular formula is C23H27NO5S. The predicted octanol–water partition coefficient (Wildman–Crippen LogP) is 3.79. The van der Waals surface area contributed by atoms with Crippen molar-refractivity contribution in [1.82, 2.24) is 4.90 Å². The van der Waals surface area contributed by atoms with Gasteiger partial charge in [0.1, 0.15) is 9.84 Å². The molecule has 0 N–H and O–H groups in total. The van der Waals surface area contributed by atoms with E-state index in [1.165, 1.54) is 6.26 Å². The molecule has 7 heteroatoms. The second-order valence-electron chi connectivity index (χ2n) is 8.03. The Morgan fingerprint density at radius 2 is 1.87 bits per heavy atom. The highest BCUT2D eigenvalue weighted by atomic mass is 32.2. The highest BCUT2D eigenvalue weighted by Gasteiger charge is 2.48. The van der Waals surface area contributed by atoms with Gasteiger partial charge in [-0.25, -0.2) is 8.42 Å². The molecule has 0 spiro atoms. The second kappa shape index (κ2) is 7.95. The Morgan fingerprint density at radius 1 is 1.13 bits per heavy atom. The maximum atomic E-state index is 13.4. The molecule has 1 aliphatic carbocycles. The molecule has 4 rings (SSSR count). The quantitative estimate of drug-likeness (QED) is 0.638. The molecule has 1 aliphatic heterocycles. The lowest BCUT2D eigenvalue weighted by Crippen LogP contribution is -2.37. The molecular weight excluding hydrogens is 402 g/mol. The van der Waals surface area contributed by atoms with Crippen molar-refractivity contribution in [2.75, 3.05) is 25.7 Å². The Labute approximate surface area is 177 Å². The molecule has 0 aromatic heterocycles. The first kappa shape index (κ1) is 20.7. The minimum atomic E-state index is -3.36. The molecule has 1 saturated carbocycles. The number of methoxy groups -OCH3 is 1. The molecule has 6 nitrogen and oxygen atoms in total. The van der Waals surface area contributed by atoms with Gasteiger partial charge in [-0.1, -0.05) is 24.3 Å². The van der Waals surface area contributed by atoms with E-state index in [1.54, 1.807) is 24.1 Å². The Bertz CT molecular complexity index is 1060. The lowest BCUT2D eigenvalue weighted by atomic mass is 9.99. The average molecular weight is 430 g/mol. The zero-order chi connectivity index (χ0) is 21.5. The van der Waals surface area contributed by atoms with Gasteiger partial charge in [-0.15, -0.1) is 0 Å². The van der Waals surface area contributed by atoms with Crippen LogP contribution in [0.5, 0.6) is 11.5 Å². The Morgan fingerprint density at radius 3 is 2.50 bits per heavy atom. The van der Waals surface area contributed by atoms with Crippen LogP contribution in [0.4, 0.5) is 0 Å². The standard InChI is InChI=1S/C23H27NO5S/c1-4-29-21-13-16(11-12-20(21)28-2)19(14-30(3,26)27)24-22(15-9-10-15)17-7-5-6-8-18(17)23(24)25/h5-8,11-13,15,19,22H,4,9-10,14H2,1-3H3/t19-,22?/m1/s1. The zero-order valence-corrected chi connectivity index (χ0v) is 18.3. The van der Waals surface area contributed by atoms with E-state index in [0.29, 0.717) is 29.6 Å². The van der Waals surface area contributed by atoms with Gasteiger partial charge in [0.25, 0.3) is 5.91 Å². The maximum Gasteiger partial charge on any atom is 0.255 e. The fraction of sp³-hybridized carbons (Fsp3) is 0.435. The highest BCUT2D eigenvalue weighted by molar-refractivity contribution is 7.90. The zero-order valence-electron chi connectivity index (χ0n) is 17.5. The molecule has 1 unspecified atom stereocenters. The summed E-state index contributed by atoms with van der Waals surface area (Å²) in [4.78, 5) is 15.2. The van der Waals surface area contributed by atoms with Crippen LogP contribution in [0.3, 0.4) is 0 Å². The summed E-state index contributed by atoms with van der Waals surface area (Å²) in [6.45, 7) is 2.33. The summed E-state index contributed by atoms with van der Waals surface area (Å²) >= 11 is 0. The average Bonchev–Trinajstić information content (AvgIpc) is 3.50. The number of hydrogen-bond acceptors (Lipinski definition) is 5. The third-order valence-electron chi connectivity index (χ3n) is 5.78. The summed E-state index contributed by atoms with van der Waals surface area (Å²) in [6, 6.07) is 12.3. The number of nitrogens with zero attached hydrogens (tertiary/aromatic N) is 1. The van der Waals surface area contributed by atoms with Crippen molar-refractivity contribution >= 4 is 15.7 Å². The van der Waals surface area contributed by atoms with Gasteiger partial charge in [0.05, 0.1) is 31.6 Å². The van der Waals surface area contributed by atoms with E-state index in [1.807, 2.05) is 37.3 Å². The summed E-state index contributed by atoms with van der Waals surface area (Å²) in [5, 5.41) is 0. The normalized spacial score (nSPS) is 19.5. The van der Waals surface area contributed by atoms with Gasteiger partial charge in [-0.2, -0.15) is 0 Å². The van der Waals surface area contributed by atoms with Crippen LogP contribution < -0.4 is 9.47 Å². The van der Waals surface area contributed by atoms with Crippen molar-refractivity contribution in [2.45, 2.75) is 31.8 Å². The molecule has 160 valence electrons. The van der Waals surface area contributed by atoms with E-state index < -0.39 is 15.9 Å². The predicted molar refractivity (Wildman–Crippen MR) is 115 cm³/mol. The van der Waals surface area contributed by atoms with Gasteiger partial charge in [-0.05, 0) is 55.0 Å². The van der Waals surface area contributed by atoms with Crippen LogP contribution in [0.1, 0.15) is 53.3 Å². The molecule has 0 saturated heterocycles. The molecule has 2 aromatic rings. The minimum Gasteiger partial charge on any atom is -0.493 e. The first-order valence-corrected chi connectivity index (χ1v) is 12.3. The topological polar surface area (TPSA) is 72.9 Å². The number of carbonyl (C=O) groups is 1. The molecule has 1 heterocycles. The van der Waals surface area contributed by atoms with Crippen molar-refractivity contribution in [1.29, 1.82) is 0 Å². The monoisotopic (exact) mass is 429 g/mol. The molecule has 2 aliphatic rings. The lowest BCUT2D eigenvalue weighted by molar-refractivity contribution is 0.0620. The molecule has 2 atom stereocenters. The largest absolute Gasteiger partial charge is 0.493 e. The number of hydrogen-bond donors (Lipinski definition) is 0. The number of fused-ring (bicyclic) bond motifs is 1. The molecule has 1 fully saturated rings. The summed E-state index contributed by atoms with van der Waals surface area (Å²) in [5.74, 6) is 1.24. The number of rotatable bonds is 8. The van der Waals surface area contributed by atoms with Crippen LogP contribution in [-0.2, 0) is 9.84 Å². The van der Waals surface area contributed by atoms with Crippen molar-refractivity contribution < 1.29 is 22.7 Å². The van der Waals surface area contributed by atoms with Crippen LogP contribution in [-0.4, -0.2) is 45.0 Å². The van der Waals surface area contributed by atoms with E-state index in [-0.39, 0.29) is 17.7 Å².